The lowest BCUT2D eigenvalue weighted by atomic mass is 10.1. The number of amides is 1. The third-order valence-electron chi connectivity index (χ3n) is 6.36. The number of carbonyl (C=O) groups is 1. The molecule has 1 aromatic carbocycles. The number of carbonyl (C=O) groups excluding carboxylic acids is 1. The van der Waals surface area contributed by atoms with E-state index in [0.29, 0.717) is 36.9 Å². The molecular weight excluding hydrogens is 457 g/mol. The summed E-state index contributed by atoms with van der Waals surface area (Å²) in [4.78, 5) is 25.8. The van der Waals surface area contributed by atoms with Crippen molar-refractivity contribution in [1.82, 2.24) is 19.4 Å². The highest BCUT2D eigenvalue weighted by molar-refractivity contribution is 6.30. The molecule has 7 nitrogen and oxygen atoms in total. The molecule has 0 unspecified atom stereocenters. The molecule has 1 amide bonds. The summed E-state index contributed by atoms with van der Waals surface area (Å²) in [5, 5.41) is 1.02. The lowest BCUT2D eigenvalue weighted by Gasteiger charge is -2.40. The van der Waals surface area contributed by atoms with Crippen LogP contribution in [0.3, 0.4) is 0 Å². The minimum atomic E-state index is -0.537. The quantitative estimate of drug-likeness (QED) is 0.487. The van der Waals surface area contributed by atoms with E-state index in [0.717, 1.165) is 29.6 Å². The molecule has 0 spiro atoms. The second-order valence-electron chi connectivity index (χ2n) is 10.2. The SMILES string of the molecule is C[C@@H]1CN(c2ncnc3c2c(C2CC2)cn3-c2cccc(Cl)c2F)CCN1C(=O)OC(C)(C)C. The first-order chi connectivity index (χ1) is 16.1. The highest BCUT2D eigenvalue weighted by Crippen LogP contribution is 2.46. The van der Waals surface area contributed by atoms with Gasteiger partial charge in [-0.25, -0.2) is 19.2 Å². The van der Waals surface area contributed by atoms with Crippen LogP contribution in [0.1, 0.15) is 52.0 Å². The molecule has 9 heteroatoms. The van der Waals surface area contributed by atoms with E-state index in [4.69, 9.17) is 16.3 Å². The molecule has 1 aliphatic heterocycles. The van der Waals surface area contributed by atoms with E-state index in [1.165, 1.54) is 6.33 Å². The Morgan fingerprint density at radius 1 is 1.21 bits per heavy atom. The lowest BCUT2D eigenvalue weighted by molar-refractivity contribution is 0.0159. The van der Waals surface area contributed by atoms with Gasteiger partial charge in [0.1, 0.15) is 23.4 Å². The van der Waals surface area contributed by atoms with Gasteiger partial charge in [0.15, 0.2) is 5.82 Å². The Morgan fingerprint density at radius 3 is 2.65 bits per heavy atom. The summed E-state index contributed by atoms with van der Waals surface area (Å²) < 4.78 is 22.3. The van der Waals surface area contributed by atoms with Gasteiger partial charge in [-0.3, -0.25) is 4.57 Å². The van der Waals surface area contributed by atoms with Crippen LogP contribution in [0, 0.1) is 5.82 Å². The van der Waals surface area contributed by atoms with Gasteiger partial charge in [-0.2, -0.15) is 0 Å². The maximum absolute atomic E-state index is 14.9. The molecule has 1 aliphatic carbocycles. The number of nitrogens with zero attached hydrogens (tertiary/aromatic N) is 5. The standard InChI is InChI=1S/C25H29ClFN5O2/c1-15-12-30(10-11-31(15)24(33)34-25(2,3)4)22-20-17(16-8-9-16)13-32(23(20)29-14-28-22)19-7-5-6-18(26)21(19)27/h5-7,13-16H,8-12H2,1-4H3/t15-/m1/s1. The van der Waals surface area contributed by atoms with Gasteiger partial charge < -0.3 is 14.5 Å². The van der Waals surface area contributed by atoms with Gasteiger partial charge in [0, 0.05) is 31.9 Å². The maximum Gasteiger partial charge on any atom is 0.410 e. The van der Waals surface area contributed by atoms with Crippen LogP contribution in [-0.2, 0) is 4.74 Å². The molecule has 1 atom stereocenters. The predicted octanol–water partition coefficient (Wildman–Crippen LogP) is 5.54. The van der Waals surface area contributed by atoms with Crippen molar-refractivity contribution in [2.45, 2.75) is 58.1 Å². The first-order valence-corrected chi connectivity index (χ1v) is 12.1. The summed E-state index contributed by atoms with van der Waals surface area (Å²) in [6.07, 6.45) is 5.39. The molecule has 2 fully saturated rings. The van der Waals surface area contributed by atoms with Crippen molar-refractivity contribution in [1.29, 1.82) is 0 Å². The van der Waals surface area contributed by atoms with Crippen LogP contribution in [0.25, 0.3) is 16.7 Å². The number of piperazine rings is 1. The monoisotopic (exact) mass is 485 g/mol. The lowest BCUT2D eigenvalue weighted by Crippen LogP contribution is -2.55. The molecule has 2 aromatic heterocycles. The van der Waals surface area contributed by atoms with Crippen molar-refractivity contribution in [3.63, 3.8) is 0 Å². The molecule has 3 heterocycles. The van der Waals surface area contributed by atoms with Crippen LogP contribution in [0.2, 0.25) is 5.02 Å². The van der Waals surface area contributed by atoms with E-state index in [1.54, 1.807) is 27.7 Å². The van der Waals surface area contributed by atoms with Crippen LogP contribution in [0.5, 0.6) is 0 Å². The molecule has 0 radical (unpaired) electrons. The third kappa shape index (κ3) is 4.19. The number of anilines is 1. The smallest absolute Gasteiger partial charge is 0.410 e. The van der Waals surface area contributed by atoms with E-state index >= 15 is 0 Å². The fourth-order valence-electron chi connectivity index (χ4n) is 4.62. The molecule has 3 aromatic rings. The highest BCUT2D eigenvalue weighted by Gasteiger charge is 2.35. The first kappa shape index (κ1) is 22.9. The largest absolute Gasteiger partial charge is 0.444 e. The van der Waals surface area contributed by atoms with Crippen molar-refractivity contribution in [3.05, 3.63) is 47.1 Å². The van der Waals surface area contributed by atoms with Crippen LogP contribution in [0.4, 0.5) is 15.0 Å². The molecule has 5 rings (SSSR count). The number of benzene rings is 1. The van der Waals surface area contributed by atoms with Crippen molar-refractivity contribution < 1.29 is 13.9 Å². The zero-order valence-corrected chi connectivity index (χ0v) is 20.6. The van der Waals surface area contributed by atoms with Crippen LogP contribution >= 0.6 is 11.6 Å². The maximum atomic E-state index is 14.9. The molecule has 0 bridgehead atoms. The van der Waals surface area contributed by atoms with Crippen molar-refractivity contribution in [2.24, 2.45) is 0 Å². The van der Waals surface area contributed by atoms with Crippen molar-refractivity contribution in [2.75, 3.05) is 24.5 Å². The molecule has 1 saturated carbocycles. The number of ether oxygens (including phenoxy) is 1. The summed E-state index contributed by atoms with van der Waals surface area (Å²) in [5.74, 6) is 0.767. The zero-order chi connectivity index (χ0) is 24.2. The number of aromatic nitrogens is 3. The van der Waals surface area contributed by atoms with Gasteiger partial charge in [0.05, 0.1) is 16.1 Å². The average Bonchev–Trinajstić information content (AvgIpc) is 3.54. The fourth-order valence-corrected chi connectivity index (χ4v) is 4.79. The van der Waals surface area contributed by atoms with E-state index in [-0.39, 0.29) is 17.2 Å². The van der Waals surface area contributed by atoms with E-state index in [9.17, 15) is 9.18 Å². The average molecular weight is 486 g/mol. The van der Waals surface area contributed by atoms with Gasteiger partial charge >= 0.3 is 6.09 Å². The molecule has 34 heavy (non-hydrogen) atoms. The summed E-state index contributed by atoms with van der Waals surface area (Å²) in [6.45, 7) is 9.40. The normalized spacial score (nSPS) is 19.1. The van der Waals surface area contributed by atoms with Gasteiger partial charge in [0.25, 0.3) is 0 Å². The van der Waals surface area contributed by atoms with Gasteiger partial charge in [0.2, 0.25) is 0 Å². The Kier molecular flexibility index (Phi) is 5.67. The third-order valence-corrected chi connectivity index (χ3v) is 6.65. The van der Waals surface area contributed by atoms with E-state index < -0.39 is 11.4 Å². The second-order valence-corrected chi connectivity index (χ2v) is 10.6. The van der Waals surface area contributed by atoms with Crippen molar-refractivity contribution >= 4 is 34.5 Å². The summed E-state index contributed by atoms with van der Waals surface area (Å²) in [5.41, 5.74) is 1.63. The van der Waals surface area contributed by atoms with Gasteiger partial charge in [-0.05, 0) is 64.2 Å². The number of halogens is 2. The number of rotatable bonds is 3. The minimum absolute atomic E-state index is 0.0505. The molecule has 180 valence electrons. The molecule has 0 N–H and O–H groups in total. The molecule has 1 saturated heterocycles. The van der Waals surface area contributed by atoms with Gasteiger partial charge in [-0.15, -0.1) is 0 Å². The highest BCUT2D eigenvalue weighted by atomic mass is 35.5. The Labute approximate surface area is 203 Å². The second kappa shape index (κ2) is 8.41. The Balaban J connectivity index is 1.51. The van der Waals surface area contributed by atoms with Gasteiger partial charge in [-0.1, -0.05) is 17.7 Å². The summed E-state index contributed by atoms with van der Waals surface area (Å²) in [6, 6.07) is 4.94. The predicted molar refractivity (Wildman–Crippen MR) is 130 cm³/mol. The number of hydrogen-bond acceptors (Lipinski definition) is 5. The number of hydrogen-bond donors (Lipinski definition) is 0. The van der Waals surface area contributed by atoms with Crippen molar-refractivity contribution in [3.8, 4) is 5.69 Å². The Morgan fingerprint density at radius 2 is 1.97 bits per heavy atom. The zero-order valence-electron chi connectivity index (χ0n) is 19.9. The fraction of sp³-hybridized carbons (Fsp3) is 0.480. The van der Waals surface area contributed by atoms with Crippen LogP contribution < -0.4 is 4.90 Å². The minimum Gasteiger partial charge on any atom is -0.444 e. The van der Waals surface area contributed by atoms with Crippen LogP contribution in [0.15, 0.2) is 30.7 Å². The Hall–Kier alpha value is -2.87. The topological polar surface area (TPSA) is 63.5 Å². The molecular formula is C25H29ClFN5O2. The van der Waals surface area contributed by atoms with Crippen LogP contribution in [-0.4, -0.2) is 56.8 Å². The summed E-state index contributed by atoms with van der Waals surface area (Å²) in [7, 11) is 0. The van der Waals surface area contributed by atoms with E-state index in [2.05, 4.69) is 14.9 Å². The van der Waals surface area contributed by atoms with E-state index in [1.807, 2.05) is 33.9 Å². The molecule has 2 aliphatic rings. The number of fused-ring (bicyclic) bond motifs is 1. The Bertz CT molecular complexity index is 1250. The summed E-state index contributed by atoms with van der Waals surface area (Å²) >= 11 is 6.07. The first-order valence-electron chi connectivity index (χ1n) is 11.7.